The first-order valence-corrected chi connectivity index (χ1v) is 9.07. The Morgan fingerprint density at radius 2 is 1.48 bits per heavy atom. The van der Waals surface area contributed by atoms with Crippen LogP contribution in [-0.2, 0) is 6.54 Å². The lowest BCUT2D eigenvalue weighted by atomic mass is 10.1. The molecule has 1 amide bonds. The van der Waals surface area contributed by atoms with Crippen molar-refractivity contribution in [1.82, 2.24) is 4.90 Å². The predicted molar refractivity (Wildman–Crippen MR) is 112 cm³/mol. The molecule has 0 aliphatic rings. The first kappa shape index (κ1) is 20.1. The van der Waals surface area contributed by atoms with E-state index in [0.29, 0.717) is 17.1 Å². The van der Waals surface area contributed by atoms with Crippen LogP contribution < -0.4 is 10.1 Å². The second-order valence-electron chi connectivity index (χ2n) is 6.81. The van der Waals surface area contributed by atoms with Crippen LogP contribution in [0.3, 0.4) is 0 Å². The summed E-state index contributed by atoms with van der Waals surface area (Å²) >= 11 is 0. The summed E-state index contributed by atoms with van der Waals surface area (Å²) in [7, 11) is 4.03. The number of hydrogen-bond donors (Lipinski definition) is 2. The molecule has 0 heterocycles. The van der Waals surface area contributed by atoms with E-state index < -0.39 is 11.9 Å². The van der Waals surface area contributed by atoms with Crippen molar-refractivity contribution in [3.05, 3.63) is 89.5 Å². The average Bonchev–Trinajstić information content (AvgIpc) is 2.70. The number of hydrogen-bond acceptors (Lipinski definition) is 4. The van der Waals surface area contributed by atoms with Crippen molar-refractivity contribution < 1.29 is 19.4 Å². The van der Waals surface area contributed by atoms with Gasteiger partial charge in [-0.3, -0.25) is 4.79 Å². The molecule has 2 N–H and O–H groups in total. The highest BCUT2D eigenvalue weighted by atomic mass is 16.5. The lowest BCUT2D eigenvalue weighted by Gasteiger charge is -2.11. The van der Waals surface area contributed by atoms with Gasteiger partial charge in [0.25, 0.3) is 5.91 Å². The molecule has 0 radical (unpaired) electrons. The van der Waals surface area contributed by atoms with E-state index in [2.05, 4.69) is 10.2 Å². The minimum absolute atomic E-state index is 0.0403. The van der Waals surface area contributed by atoms with E-state index in [1.165, 1.54) is 11.6 Å². The molecule has 6 heteroatoms. The fourth-order valence-electron chi connectivity index (χ4n) is 2.81. The van der Waals surface area contributed by atoms with Gasteiger partial charge in [-0.05, 0) is 68.2 Å². The number of carboxylic acids is 1. The quantitative estimate of drug-likeness (QED) is 0.621. The van der Waals surface area contributed by atoms with Gasteiger partial charge in [0.15, 0.2) is 0 Å². The molecule has 0 saturated heterocycles. The van der Waals surface area contributed by atoms with Crippen molar-refractivity contribution in [2.75, 3.05) is 19.4 Å². The van der Waals surface area contributed by atoms with Crippen LogP contribution in [0, 0.1) is 0 Å². The molecule has 0 aliphatic carbocycles. The summed E-state index contributed by atoms with van der Waals surface area (Å²) in [6, 6.07) is 20.8. The molecule has 0 spiro atoms. The molecular weight excluding hydrogens is 368 g/mol. The molecule has 29 heavy (non-hydrogen) atoms. The highest BCUT2D eigenvalue weighted by Crippen LogP contribution is 2.23. The SMILES string of the molecule is CN(C)Cc1ccc(Oc2ccc(C(=O)Nc3ccccc3C(=O)O)cc2)cc1. The lowest BCUT2D eigenvalue weighted by Crippen LogP contribution is -2.14. The van der Waals surface area contributed by atoms with E-state index in [1.807, 2.05) is 38.4 Å². The number of benzene rings is 3. The fraction of sp³-hybridized carbons (Fsp3) is 0.130. The van der Waals surface area contributed by atoms with E-state index >= 15 is 0 Å². The Balaban J connectivity index is 1.65. The number of anilines is 1. The number of carbonyl (C=O) groups excluding carboxylic acids is 1. The van der Waals surface area contributed by atoms with Crippen molar-refractivity contribution in [3.63, 3.8) is 0 Å². The molecular formula is C23H22N2O4. The highest BCUT2D eigenvalue weighted by molar-refractivity contribution is 6.07. The summed E-state index contributed by atoms with van der Waals surface area (Å²) in [5.41, 5.74) is 1.89. The molecule has 6 nitrogen and oxygen atoms in total. The number of aromatic carboxylic acids is 1. The molecule has 3 aromatic carbocycles. The van der Waals surface area contributed by atoms with Gasteiger partial charge >= 0.3 is 5.97 Å². The third-order valence-corrected chi connectivity index (χ3v) is 4.18. The second-order valence-corrected chi connectivity index (χ2v) is 6.81. The van der Waals surface area contributed by atoms with Gasteiger partial charge in [-0.15, -0.1) is 0 Å². The number of carbonyl (C=O) groups is 2. The van der Waals surface area contributed by atoms with Gasteiger partial charge in [0.1, 0.15) is 11.5 Å². The fourth-order valence-corrected chi connectivity index (χ4v) is 2.81. The Labute approximate surface area is 169 Å². The van der Waals surface area contributed by atoms with Gasteiger partial charge in [0.2, 0.25) is 0 Å². The monoisotopic (exact) mass is 390 g/mol. The van der Waals surface area contributed by atoms with Gasteiger partial charge in [0.05, 0.1) is 11.3 Å². The van der Waals surface area contributed by atoms with Crippen molar-refractivity contribution in [1.29, 1.82) is 0 Å². The van der Waals surface area contributed by atoms with E-state index in [0.717, 1.165) is 6.54 Å². The number of ether oxygens (including phenoxy) is 1. The summed E-state index contributed by atoms with van der Waals surface area (Å²) in [6.07, 6.45) is 0. The minimum atomic E-state index is -1.10. The predicted octanol–water partition coefficient (Wildman–Crippen LogP) is 4.49. The minimum Gasteiger partial charge on any atom is -0.478 e. The normalized spacial score (nSPS) is 10.6. The maximum absolute atomic E-state index is 12.4. The maximum Gasteiger partial charge on any atom is 0.337 e. The molecule has 0 bridgehead atoms. The number of nitrogens with one attached hydrogen (secondary N) is 1. The van der Waals surface area contributed by atoms with E-state index in [-0.39, 0.29) is 11.3 Å². The third kappa shape index (κ3) is 5.43. The molecule has 0 aromatic heterocycles. The molecule has 0 atom stereocenters. The van der Waals surface area contributed by atoms with E-state index in [4.69, 9.17) is 4.74 Å². The lowest BCUT2D eigenvalue weighted by molar-refractivity contribution is 0.0698. The van der Waals surface area contributed by atoms with Crippen molar-refractivity contribution >= 4 is 17.6 Å². The number of para-hydroxylation sites is 1. The van der Waals surface area contributed by atoms with E-state index in [1.54, 1.807) is 42.5 Å². The van der Waals surface area contributed by atoms with Gasteiger partial charge in [-0.1, -0.05) is 24.3 Å². The average molecular weight is 390 g/mol. The van der Waals surface area contributed by atoms with Crippen LogP contribution in [0.2, 0.25) is 0 Å². The van der Waals surface area contributed by atoms with Crippen molar-refractivity contribution in [2.24, 2.45) is 0 Å². The van der Waals surface area contributed by atoms with Gasteiger partial charge in [-0.25, -0.2) is 4.79 Å². The summed E-state index contributed by atoms with van der Waals surface area (Å²) in [5, 5.41) is 11.8. The number of nitrogens with zero attached hydrogens (tertiary/aromatic N) is 1. The standard InChI is InChI=1S/C23H22N2O4/c1-25(2)15-16-7-11-18(12-8-16)29-19-13-9-17(10-14-19)22(26)24-21-6-4-3-5-20(21)23(27)28/h3-14H,15H2,1-2H3,(H,24,26)(H,27,28). The first-order chi connectivity index (χ1) is 13.9. The first-order valence-electron chi connectivity index (χ1n) is 9.07. The van der Waals surface area contributed by atoms with Gasteiger partial charge < -0.3 is 20.1 Å². The van der Waals surface area contributed by atoms with Crippen LogP contribution in [0.5, 0.6) is 11.5 Å². The van der Waals surface area contributed by atoms with Crippen molar-refractivity contribution in [3.8, 4) is 11.5 Å². The Morgan fingerprint density at radius 1 is 0.897 bits per heavy atom. The second kappa shape index (κ2) is 9.03. The van der Waals surface area contributed by atoms with Crippen LogP contribution >= 0.6 is 0 Å². The number of amides is 1. The van der Waals surface area contributed by atoms with Crippen LogP contribution in [0.15, 0.2) is 72.8 Å². The summed E-state index contributed by atoms with van der Waals surface area (Å²) in [4.78, 5) is 25.8. The van der Waals surface area contributed by atoms with Crippen LogP contribution in [0.1, 0.15) is 26.3 Å². The molecule has 0 unspecified atom stereocenters. The molecule has 0 aliphatic heterocycles. The molecule has 3 rings (SSSR count). The number of carboxylic acid groups (broad SMARTS) is 1. The molecule has 0 saturated carbocycles. The zero-order valence-electron chi connectivity index (χ0n) is 16.3. The summed E-state index contributed by atoms with van der Waals surface area (Å²) in [6.45, 7) is 0.856. The molecule has 148 valence electrons. The van der Waals surface area contributed by atoms with Gasteiger partial charge in [0, 0.05) is 12.1 Å². The summed E-state index contributed by atoms with van der Waals surface area (Å²) in [5.74, 6) is -0.174. The van der Waals surface area contributed by atoms with Crippen LogP contribution in [0.4, 0.5) is 5.69 Å². The zero-order chi connectivity index (χ0) is 20.8. The van der Waals surface area contributed by atoms with Crippen LogP contribution in [-0.4, -0.2) is 36.0 Å². The Bertz CT molecular complexity index is 996. The summed E-state index contributed by atoms with van der Waals surface area (Å²) < 4.78 is 5.82. The number of rotatable bonds is 7. The largest absolute Gasteiger partial charge is 0.478 e. The third-order valence-electron chi connectivity index (χ3n) is 4.18. The smallest absolute Gasteiger partial charge is 0.337 e. The Morgan fingerprint density at radius 3 is 2.07 bits per heavy atom. The Hall–Kier alpha value is -3.64. The molecule has 0 fully saturated rings. The maximum atomic E-state index is 12.4. The van der Waals surface area contributed by atoms with Gasteiger partial charge in [-0.2, -0.15) is 0 Å². The van der Waals surface area contributed by atoms with Crippen LogP contribution in [0.25, 0.3) is 0 Å². The zero-order valence-corrected chi connectivity index (χ0v) is 16.3. The molecule has 3 aromatic rings. The van der Waals surface area contributed by atoms with Crippen molar-refractivity contribution in [2.45, 2.75) is 6.54 Å². The topological polar surface area (TPSA) is 78.9 Å². The Kier molecular flexibility index (Phi) is 6.26. The highest BCUT2D eigenvalue weighted by Gasteiger charge is 2.13. The van der Waals surface area contributed by atoms with E-state index in [9.17, 15) is 14.7 Å².